The van der Waals surface area contributed by atoms with Crippen LogP contribution in [0.2, 0.25) is 0 Å². The second-order valence-corrected chi connectivity index (χ2v) is 9.52. The number of nitriles is 1. The first-order valence-electron chi connectivity index (χ1n) is 6.30. The van der Waals surface area contributed by atoms with E-state index in [1.807, 2.05) is 6.07 Å². The lowest BCUT2D eigenvalue weighted by atomic mass is 10.1. The highest BCUT2D eigenvalue weighted by Gasteiger charge is 2.35. The molecule has 1 N–H and O–H groups in total. The minimum absolute atomic E-state index is 0.00146. The van der Waals surface area contributed by atoms with E-state index in [2.05, 4.69) is 10.3 Å². The summed E-state index contributed by atoms with van der Waals surface area (Å²) in [7, 11) is -7.76. The Bertz CT molecular complexity index is 847. The molecular weight excluding hydrogens is 342 g/mol. The van der Waals surface area contributed by atoms with Crippen molar-refractivity contribution in [3.05, 3.63) is 47.3 Å². The molecule has 0 bridgehead atoms. The summed E-state index contributed by atoms with van der Waals surface area (Å²) in [6, 6.07) is 5.96. The molecule has 0 saturated carbocycles. The van der Waals surface area contributed by atoms with Gasteiger partial charge < -0.3 is 15.6 Å². The molecule has 0 aliphatic rings. The number of rotatable bonds is 6. The SMILES string of the molecule is C=CCC(C)(C#N)S(C)(=O)=NS(=O)(=O)c1ccc([NH+]([O-])[O-])cc1. The minimum Gasteiger partial charge on any atom is -0.628 e. The van der Waals surface area contributed by atoms with Crippen LogP contribution in [0.5, 0.6) is 0 Å². The van der Waals surface area contributed by atoms with Crippen LogP contribution in [0.4, 0.5) is 5.69 Å². The number of allylic oxidation sites excluding steroid dienone is 1. The maximum atomic E-state index is 12.7. The highest BCUT2D eigenvalue weighted by atomic mass is 32.3. The Labute approximate surface area is 135 Å². The van der Waals surface area contributed by atoms with Gasteiger partial charge in [0.2, 0.25) is 0 Å². The average molecular weight is 358 g/mol. The van der Waals surface area contributed by atoms with Crippen molar-refractivity contribution in [3.8, 4) is 6.07 Å². The number of nitrogens with zero attached hydrogens (tertiary/aromatic N) is 2. The molecule has 0 saturated heterocycles. The fourth-order valence-corrected chi connectivity index (χ4v) is 5.21. The van der Waals surface area contributed by atoms with E-state index < -0.39 is 29.7 Å². The second-order valence-electron chi connectivity index (χ2n) is 5.00. The lowest BCUT2D eigenvalue weighted by molar-refractivity contribution is -0.715. The van der Waals surface area contributed by atoms with Gasteiger partial charge in [-0.25, -0.2) is 4.21 Å². The molecule has 8 nitrogen and oxygen atoms in total. The highest BCUT2D eigenvalue weighted by molar-refractivity contribution is 8.03. The van der Waals surface area contributed by atoms with Crippen LogP contribution in [0.15, 0.2) is 45.6 Å². The second kappa shape index (κ2) is 6.77. The van der Waals surface area contributed by atoms with Gasteiger partial charge in [-0.15, -0.1) is 10.3 Å². The summed E-state index contributed by atoms with van der Waals surface area (Å²) in [6.45, 7) is 4.80. The van der Waals surface area contributed by atoms with Gasteiger partial charge in [-0.1, -0.05) is 6.08 Å². The fourth-order valence-electron chi connectivity index (χ4n) is 1.64. The third-order valence-corrected chi connectivity index (χ3v) is 7.96. The van der Waals surface area contributed by atoms with Crippen molar-refractivity contribution in [2.24, 2.45) is 3.77 Å². The summed E-state index contributed by atoms with van der Waals surface area (Å²) in [5.41, 5.74) is -0.199. The summed E-state index contributed by atoms with van der Waals surface area (Å²) in [5, 5.41) is 29.1. The maximum Gasteiger partial charge on any atom is 0.290 e. The molecule has 0 heterocycles. The van der Waals surface area contributed by atoms with Crippen LogP contribution in [0.1, 0.15) is 13.3 Å². The predicted molar refractivity (Wildman–Crippen MR) is 86.3 cm³/mol. The predicted octanol–water partition coefficient (Wildman–Crippen LogP) is 0.843. The lowest BCUT2D eigenvalue weighted by Crippen LogP contribution is -2.96. The van der Waals surface area contributed by atoms with Crippen molar-refractivity contribution in [1.29, 1.82) is 5.26 Å². The van der Waals surface area contributed by atoms with Crippen molar-refractivity contribution in [3.63, 3.8) is 0 Å². The van der Waals surface area contributed by atoms with Gasteiger partial charge in [0.05, 0.1) is 20.7 Å². The largest absolute Gasteiger partial charge is 0.628 e. The zero-order valence-corrected chi connectivity index (χ0v) is 14.2. The molecule has 126 valence electrons. The first-order chi connectivity index (χ1) is 10.5. The smallest absolute Gasteiger partial charge is 0.290 e. The van der Waals surface area contributed by atoms with E-state index in [0.717, 1.165) is 30.5 Å². The molecule has 1 aromatic rings. The molecular formula is C13H16N3O5S2-. The third-order valence-electron chi connectivity index (χ3n) is 3.23. The van der Waals surface area contributed by atoms with Gasteiger partial charge in [0, 0.05) is 18.4 Å². The molecule has 0 aliphatic heterocycles. The third kappa shape index (κ3) is 4.15. The van der Waals surface area contributed by atoms with Crippen LogP contribution in [0.3, 0.4) is 0 Å². The molecule has 23 heavy (non-hydrogen) atoms. The highest BCUT2D eigenvalue weighted by Crippen LogP contribution is 2.25. The molecule has 0 radical (unpaired) electrons. The van der Waals surface area contributed by atoms with E-state index in [4.69, 9.17) is 0 Å². The monoisotopic (exact) mass is 358 g/mol. The molecule has 2 unspecified atom stereocenters. The minimum atomic E-state index is -4.32. The maximum absolute atomic E-state index is 12.7. The van der Waals surface area contributed by atoms with Crippen molar-refractivity contribution in [2.75, 3.05) is 6.26 Å². The number of quaternary nitrogens is 1. The summed E-state index contributed by atoms with van der Waals surface area (Å²) >= 11 is 0. The van der Waals surface area contributed by atoms with Crippen molar-refractivity contribution in [1.82, 2.24) is 0 Å². The Morgan fingerprint density at radius 2 is 1.87 bits per heavy atom. The van der Waals surface area contributed by atoms with Crippen LogP contribution in [-0.4, -0.2) is 23.6 Å². The van der Waals surface area contributed by atoms with Gasteiger partial charge in [0.25, 0.3) is 10.0 Å². The van der Waals surface area contributed by atoms with Gasteiger partial charge in [-0.3, -0.25) is 0 Å². The first kappa shape index (κ1) is 19.3. The molecule has 0 fully saturated rings. The summed E-state index contributed by atoms with van der Waals surface area (Å²) in [6.07, 6.45) is 2.46. The Balaban J connectivity index is 3.41. The summed E-state index contributed by atoms with van der Waals surface area (Å²) in [5.74, 6) is 0. The first-order valence-corrected chi connectivity index (χ1v) is 9.67. The van der Waals surface area contributed by atoms with E-state index in [1.54, 1.807) is 0 Å². The van der Waals surface area contributed by atoms with Gasteiger partial charge in [-0.05, 0) is 25.5 Å². The van der Waals surface area contributed by atoms with E-state index >= 15 is 0 Å². The topological polar surface area (TPSA) is 138 Å². The van der Waals surface area contributed by atoms with E-state index in [9.17, 15) is 28.3 Å². The average Bonchev–Trinajstić information content (AvgIpc) is 2.46. The quantitative estimate of drug-likeness (QED) is 0.591. The number of benzene rings is 1. The van der Waals surface area contributed by atoms with Gasteiger partial charge >= 0.3 is 0 Å². The molecule has 10 heteroatoms. The van der Waals surface area contributed by atoms with Crippen molar-refractivity contribution in [2.45, 2.75) is 23.0 Å². The van der Waals surface area contributed by atoms with Crippen LogP contribution in [-0.2, 0) is 19.8 Å². The van der Waals surface area contributed by atoms with E-state index in [-0.39, 0.29) is 17.0 Å². The van der Waals surface area contributed by atoms with Crippen molar-refractivity contribution < 1.29 is 17.9 Å². The molecule has 2 atom stereocenters. The number of nitrogens with one attached hydrogen (secondary N) is 1. The Morgan fingerprint density at radius 3 is 2.26 bits per heavy atom. The summed E-state index contributed by atoms with van der Waals surface area (Å²) in [4.78, 5) is -0.323. The van der Waals surface area contributed by atoms with Crippen LogP contribution in [0.25, 0.3) is 0 Å². The van der Waals surface area contributed by atoms with Crippen LogP contribution in [0, 0.1) is 21.7 Å². The normalized spacial score (nSPS) is 16.9. The Kier molecular flexibility index (Phi) is 5.68. The molecule has 0 amide bonds. The summed E-state index contributed by atoms with van der Waals surface area (Å²) < 4.78 is 39.1. The number of hydrogen-bond donors (Lipinski definition) is 1. The van der Waals surface area contributed by atoms with Crippen molar-refractivity contribution >= 4 is 25.4 Å². The van der Waals surface area contributed by atoms with E-state index in [1.165, 1.54) is 13.0 Å². The number of sulfonamides is 1. The molecule has 1 aromatic carbocycles. The fraction of sp³-hybridized carbons (Fsp3) is 0.308. The Morgan fingerprint density at radius 1 is 1.35 bits per heavy atom. The van der Waals surface area contributed by atoms with E-state index in [0.29, 0.717) is 0 Å². The molecule has 0 spiro atoms. The van der Waals surface area contributed by atoms with Crippen LogP contribution < -0.4 is 5.23 Å². The molecule has 0 aliphatic carbocycles. The molecule has 1 rings (SSSR count). The zero-order valence-electron chi connectivity index (χ0n) is 12.6. The Hall–Kier alpha value is -1.77. The zero-order chi connectivity index (χ0) is 17.9. The van der Waals surface area contributed by atoms with Gasteiger partial charge in [0.15, 0.2) is 0 Å². The lowest BCUT2D eigenvalue weighted by Gasteiger charge is -2.24. The standard InChI is InChI=1S/C13H16N3O5S2/c1-4-9-13(2,10-14)22(3,19)15-23(20,21)12-7-5-11(6-8-12)16(17)18/h4-8,16H,1,9H2,2-3H3/q-1. The van der Waals surface area contributed by atoms with Crippen LogP contribution >= 0.6 is 0 Å². The molecule has 0 aromatic heterocycles. The number of hydrogen-bond acceptors (Lipinski definition) is 6. The van der Waals surface area contributed by atoms with Gasteiger partial charge in [-0.2, -0.15) is 13.7 Å². The van der Waals surface area contributed by atoms with Gasteiger partial charge in [0.1, 0.15) is 10.4 Å².